The zero-order valence-corrected chi connectivity index (χ0v) is 14.1. The maximum absolute atomic E-state index is 12.8. The number of anilines is 1. The second-order valence-corrected chi connectivity index (χ2v) is 6.19. The fraction of sp³-hybridized carbons (Fsp3) is 0.263. The molecule has 0 spiro atoms. The van der Waals surface area contributed by atoms with Gasteiger partial charge in [0.25, 0.3) is 0 Å². The zero-order valence-electron chi connectivity index (χ0n) is 14.1. The first-order chi connectivity index (χ1) is 12.2. The number of benzene rings is 1. The zero-order chi connectivity index (χ0) is 17.2. The van der Waals surface area contributed by atoms with Gasteiger partial charge in [-0.25, -0.2) is 0 Å². The SMILES string of the molecule is CNc1cc2c(nn1)CCN(C(=O)Cc1cccc3cccnc13)C2. The Morgan fingerprint density at radius 1 is 1.24 bits per heavy atom. The number of rotatable bonds is 3. The summed E-state index contributed by atoms with van der Waals surface area (Å²) in [7, 11) is 1.82. The van der Waals surface area contributed by atoms with E-state index in [9.17, 15) is 4.79 Å². The number of hydrogen-bond acceptors (Lipinski definition) is 5. The van der Waals surface area contributed by atoms with Gasteiger partial charge in [0.1, 0.15) is 5.82 Å². The minimum Gasteiger partial charge on any atom is -0.372 e. The standard InChI is InChI=1S/C19H19N5O/c1-20-17-10-15-12-24(9-7-16(15)22-23-17)18(25)11-14-5-2-4-13-6-3-8-21-19(13)14/h2-6,8,10H,7,9,11-12H2,1H3,(H,20,23). The summed E-state index contributed by atoms with van der Waals surface area (Å²) in [5.74, 6) is 0.845. The van der Waals surface area contributed by atoms with E-state index in [0.717, 1.165) is 40.0 Å². The molecule has 0 atom stereocenters. The molecule has 1 amide bonds. The van der Waals surface area contributed by atoms with Crippen LogP contribution in [0.2, 0.25) is 0 Å². The van der Waals surface area contributed by atoms with Gasteiger partial charge in [0.15, 0.2) is 0 Å². The molecule has 1 aliphatic rings. The third-order valence-corrected chi connectivity index (χ3v) is 4.61. The van der Waals surface area contributed by atoms with Crippen LogP contribution in [0.15, 0.2) is 42.6 Å². The molecule has 1 aliphatic heterocycles. The Bertz CT molecular complexity index is 935. The molecule has 3 heterocycles. The van der Waals surface area contributed by atoms with Crippen LogP contribution in [0.25, 0.3) is 10.9 Å². The molecule has 0 unspecified atom stereocenters. The summed E-state index contributed by atoms with van der Waals surface area (Å²) in [5.41, 5.74) is 3.92. The molecule has 0 aliphatic carbocycles. The molecule has 126 valence electrons. The highest BCUT2D eigenvalue weighted by molar-refractivity contribution is 5.87. The van der Waals surface area contributed by atoms with E-state index in [-0.39, 0.29) is 5.91 Å². The number of carbonyl (C=O) groups is 1. The molecule has 0 fully saturated rings. The predicted molar refractivity (Wildman–Crippen MR) is 96.1 cm³/mol. The largest absolute Gasteiger partial charge is 0.372 e. The van der Waals surface area contributed by atoms with Crippen LogP contribution in [-0.4, -0.2) is 39.6 Å². The molecule has 1 N–H and O–H groups in total. The highest BCUT2D eigenvalue weighted by Gasteiger charge is 2.23. The van der Waals surface area contributed by atoms with E-state index < -0.39 is 0 Å². The van der Waals surface area contributed by atoms with Crippen molar-refractivity contribution in [1.82, 2.24) is 20.1 Å². The number of hydrogen-bond donors (Lipinski definition) is 1. The number of nitrogens with one attached hydrogen (secondary N) is 1. The van der Waals surface area contributed by atoms with Crippen molar-refractivity contribution in [2.45, 2.75) is 19.4 Å². The number of amides is 1. The van der Waals surface area contributed by atoms with Crippen LogP contribution in [0.1, 0.15) is 16.8 Å². The van der Waals surface area contributed by atoms with Crippen LogP contribution >= 0.6 is 0 Å². The number of para-hydroxylation sites is 1. The molecule has 0 bridgehead atoms. The average Bonchev–Trinajstić information content (AvgIpc) is 2.67. The molecule has 3 aromatic rings. The van der Waals surface area contributed by atoms with Crippen LogP contribution in [0.5, 0.6) is 0 Å². The Kier molecular flexibility index (Phi) is 4.01. The van der Waals surface area contributed by atoms with Gasteiger partial charge in [-0.3, -0.25) is 9.78 Å². The summed E-state index contributed by atoms with van der Waals surface area (Å²) in [6, 6.07) is 11.9. The van der Waals surface area contributed by atoms with Gasteiger partial charge >= 0.3 is 0 Å². The van der Waals surface area contributed by atoms with Crippen LogP contribution in [0.3, 0.4) is 0 Å². The summed E-state index contributed by atoms with van der Waals surface area (Å²) in [5, 5.41) is 12.4. The lowest BCUT2D eigenvalue weighted by atomic mass is 10.0. The molecule has 0 radical (unpaired) electrons. The highest BCUT2D eigenvalue weighted by Crippen LogP contribution is 2.21. The van der Waals surface area contributed by atoms with Gasteiger partial charge in [0.2, 0.25) is 5.91 Å². The topological polar surface area (TPSA) is 71.0 Å². The van der Waals surface area contributed by atoms with Gasteiger partial charge in [-0.05, 0) is 23.3 Å². The summed E-state index contributed by atoms with van der Waals surface area (Å²) >= 11 is 0. The Morgan fingerprint density at radius 2 is 2.12 bits per heavy atom. The minimum absolute atomic E-state index is 0.117. The molecular formula is C19H19N5O. The lowest BCUT2D eigenvalue weighted by Gasteiger charge is -2.28. The van der Waals surface area contributed by atoms with Crippen molar-refractivity contribution in [2.24, 2.45) is 0 Å². The predicted octanol–water partition coefficient (Wildman–Crippen LogP) is 2.19. The van der Waals surface area contributed by atoms with Gasteiger partial charge < -0.3 is 10.2 Å². The lowest BCUT2D eigenvalue weighted by Crippen LogP contribution is -2.37. The molecule has 6 heteroatoms. The summed E-state index contributed by atoms with van der Waals surface area (Å²) < 4.78 is 0. The maximum atomic E-state index is 12.8. The Hall–Kier alpha value is -3.02. The number of aromatic nitrogens is 3. The third kappa shape index (κ3) is 3.03. The van der Waals surface area contributed by atoms with E-state index in [1.165, 1.54) is 0 Å². The number of fused-ring (bicyclic) bond motifs is 2. The van der Waals surface area contributed by atoms with E-state index in [1.807, 2.05) is 48.3 Å². The summed E-state index contributed by atoms with van der Waals surface area (Å²) in [6.07, 6.45) is 2.87. The van der Waals surface area contributed by atoms with E-state index in [0.29, 0.717) is 19.5 Å². The Morgan fingerprint density at radius 3 is 3.00 bits per heavy atom. The minimum atomic E-state index is 0.117. The van der Waals surface area contributed by atoms with Gasteiger partial charge in [-0.2, -0.15) is 5.10 Å². The molecular weight excluding hydrogens is 314 g/mol. The Balaban J connectivity index is 1.55. The average molecular weight is 333 g/mol. The van der Waals surface area contributed by atoms with Gasteiger partial charge in [-0.15, -0.1) is 5.10 Å². The van der Waals surface area contributed by atoms with E-state index >= 15 is 0 Å². The lowest BCUT2D eigenvalue weighted by molar-refractivity contribution is -0.131. The van der Waals surface area contributed by atoms with Crippen molar-refractivity contribution < 1.29 is 4.79 Å². The van der Waals surface area contributed by atoms with Gasteiger partial charge in [0, 0.05) is 38.1 Å². The van der Waals surface area contributed by atoms with Gasteiger partial charge in [0.05, 0.1) is 17.6 Å². The highest BCUT2D eigenvalue weighted by atomic mass is 16.2. The first-order valence-electron chi connectivity index (χ1n) is 8.38. The Labute approximate surface area is 145 Å². The van der Waals surface area contributed by atoms with Crippen LogP contribution < -0.4 is 5.32 Å². The van der Waals surface area contributed by atoms with Crippen molar-refractivity contribution in [3.63, 3.8) is 0 Å². The van der Waals surface area contributed by atoms with Crippen molar-refractivity contribution >= 4 is 22.6 Å². The molecule has 0 saturated heterocycles. The maximum Gasteiger partial charge on any atom is 0.227 e. The van der Waals surface area contributed by atoms with Crippen molar-refractivity contribution in [1.29, 1.82) is 0 Å². The molecule has 2 aromatic heterocycles. The quantitative estimate of drug-likeness (QED) is 0.795. The van der Waals surface area contributed by atoms with E-state index in [4.69, 9.17) is 0 Å². The third-order valence-electron chi connectivity index (χ3n) is 4.61. The van der Waals surface area contributed by atoms with Crippen molar-refractivity contribution in [3.05, 3.63) is 59.4 Å². The number of pyridine rings is 1. The summed E-state index contributed by atoms with van der Waals surface area (Å²) in [6.45, 7) is 1.26. The fourth-order valence-electron chi connectivity index (χ4n) is 3.25. The normalized spacial score (nSPS) is 13.6. The van der Waals surface area contributed by atoms with Crippen LogP contribution in [-0.2, 0) is 24.2 Å². The molecule has 4 rings (SSSR count). The van der Waals surface area contributed by atoms with E-state index in [2.05, 4.69) is 20.5 Å². The van der Waals surface area contributed by atoms with Gasteiger partial charge in [-0.1, -0.05) is 24.3 Å². The smallest absolute Gasteiger partial charge is 0.227 e. The van der Waals surface area contributed by atoms with Crippen LogP contribution in [0, 0.1) is 0 Å². The number of carbonyl (C=O) groups excluding carboxylic acids is 1. The molecule has 25 heavy (non-hydrogen) atoms. The monoisotopic (exact) mass is 333 g/mol. The fourth-order valence-corrected chi connectivity index (χ4v) is 3.25. The van der Waals surface area contributed by atoms with Crippen molar-refractivity contribution in [3.8, 4) is 0 Å². The number of nitrogens with zero attached hydrogens (tertiary/aromatic N) is 4. The molecule has 0 saturated carbocycles. The second kappa shape index (κ2) is 6.47. The van der Waals surface area contributed by atoms with Crippen molar-refractivity contribution in [2.75, 3.05) is 18.9 Å². The molecule has 1 aromatic carbocycles. The second-order valence-electron chi connectivity index (χ2n) is 6.19. The van der Waals surface area contributed by atoms with Crippen LogP contribution in [0.4, 0.5) is 5.82 Å². The first-order valence-corrected chi connectivity index (χ1v) is 8.38. The molecule has 6 nitrogen and oxygen atoms in total. The van der Waals surface area contributed by atoms with E-state index in [1.54, 1.807) is 6.20 Å². The first kappa shape index (κ1) is 15.5. The summed E-state index contributed by atoms with van der Waals surface area (Å²) in [4.78, 5) is 19.2.